The Labute approximate surface area is 125 Å². The highest BCUT2D eigenvalue weighted by atomic mass is 35.5. The summed E-state index contributed by atoms with van der Waals surface area (Å²) in [5.41, 5.74) is 2.69. The molecule has 20 heavy (non-hydrogen) atoms. The second-order valence-electron chi connectivity index (χ2n) is 5.37. The van der Waals surface area contributed by atoms with Gasteiger partial charge in [-0.3, -0.25) is 4.40 Å². The topological polar surface area (TPSA) is 43.1 Å². The second kappa shape index (κ2) is 7.02. The van der Waals surface area contributed by atoms with E-state index >= 15 is 0 Å². The Hall–Kier alpha value is -1.16. The van der Waals surface area contributed by atoms with Crippen LogP contribution < -0.4 is 0 Å². The van der Waals surface area contributed by atoms with Crippen LogP contribution in [-0.2, 0) is 6.42 Å². The Balaban J connectivity index is 2.04. The summed E-state index contributed by atoms with van der Waals surface area (Å²) in [4.78, 5) is 4.29. The van der Waals surface area contributed by atoms with Gasteiger partial charge in [-0.25, -0.2) is 4.98 Å². The summed E-state index contributed by atoms with van der Waals surface area (Å²) in [5, 5.41) is 8.89. The van der Waals surface area contributed by atoms with Crippen LogP contribution in [0.1, 0.15) is 62.7 Å². The number of rotatable bonds is 7. The van der Waals surface area contributed by atoms with Gasteiger partial charge in [0, 0.05) is 12.1 Å². The van der Waals surface area contributed by atoms with Gasteiger partial charge in [-0.2, -0.15) is 0 Å². The third-order valence-corrected chi connectivity index (χ3v) is 4.05. The summed E-state index contributed by atoms with van der Waals surface area (Å²) < 4.78 is 2.05. The first-order valence-corrected chi connectivity index (χ1v) is 7.89. The van der Waals surface area contributed by atoms with E-state index in [-0.39, 0.29) is 0 Å². The van der Waals surface area contributed by atoms with Crippen molar-refractivity contribution in [3.8, 4) is 0 Å². The van der Waals surface area contributed by atoms with Gasteiger partial charge in [0.25, 0.3) is 0 Å². The van der Waals surface area contributed by atoms with E-state index in [9.17, 15) is 0 Å². The van der Waals surface area contributed by atoms with Crippen LogP contribution in [0.2, 0.25) is 5.15 Å². The number of hydrogen-bond acceptors (Lipinski definition) is 3. The summed E-state index contributed by atoms with van der Waals surface area (Å²) in [5.74, 6) is 1.00. The second-order valence-corrected chi connectivity index (χ2v) is 5.72. The maximum absolute atomic E-state index is 6.13. The number of unbranched alkanes of at least 4 members (excludes halogenated alkanes) is 5. The minimum Gasteiger partial charge on any atom is -0.279 e. The molecule has 4 nitrogen and oxygen atoms in total. The van der Waals surface area contributed by atoms with E-state index in [1.54, 1.807) is 0 Å². The van der Waals surface area contributed by atoms with Crippen molar-refractivity contribution in [2.24, 2.45) is 0 Å². The van der Waals surface area contributed by atoms with E-state index in [0.717, 1.165) is 30.1 Å². The highest BCUT2D eigenvalue weighted by Crippen LogP contribution is 2.19. The maximum atomic E-state index is 6.13. The van der Waals surface area contributed by atoms with Crippen LogP contribution in [0.15, 0.2) is 0 Å². The Morgan fingerprint density at radius 3 is 2.45 bits per heavy atom. The van der Waals surface area contributed by atoms with Gasteiger partial charge in [-0.15, -0.1) is 10.2 Å². The van der Waals surface area contributed by atoms with Crippen LogP contribution in [0.3, 0.4) is 0 Å². The first-order chi connectivity index (χ1) is 9.65. The fourth-order valence-corrected chi connectivity index (χ4v) is 2.72. The lowest BCUT2D eigenvalue weighted by molar-refractivity contribution is 0.599. The summed E-state index contributed by atoms with van der Waals surface area (Å²) >= 11 is 6.13. The smallest absolute Gasteiger partial charge is 0.198 e. The van der Waals surface area contributed by atoms with Gasteiger partial charge < -0.3 is 0 Å². The summed E-state index contributed by atoms with van der Waals surface area (Å²) in [6.45, 7) is 6.25. The predicted octanol–water partition coefficient (Wildman–Crippen LogP) is 4.30. The molecule has 0 aliphatic carbocycles. The molecule has 2 aromatic rings. The molecule has 0 aliphatic heterocycles. The van der Waals surface area contributed by atoms with Crippen molar-refractivity contribution in [1.82, 2.24) is 19.6 Å². The zero-order valence-corrected chi connectivity index (χ0v) is 13.4. The molecule has 0 N–H and O–H groups in total. The first-order valence-electron chi connectivity index (χ1n) is 7.51. The highest BCUT2D eigenvalue weighted by Gasteiger charge is 2.13. The monoisotopic (exact) mass is 294 g/mol. The third kappa shape index (κ3) is 3.29. The lowest BCUT2D eigenvalue weighted by Gasteiger charge is -2.07. The highest BCUT2D eigenvalue weighted by molar-refractivity contribution is 6.32. The number of fused-ring (bicyclic) bond motifs is 1. The van der Waals surface area contributed by atoms with Gasteiger partial charge in [0.05, 0.1) is 5.69 Å². The minimum atomic E-state index is 0.440. The summed E-state index contributed by atoms with van der Waals surface area (Å²) in [6.07, 6.45) is 8.64. The van der Waals surface area contributed by atoms with E-state index in [2.05, 4.69) is 26.5 Å². The van der Waals surface area contributed by atoms with Crippen LogP contribution in [0.5, 0.6) is 0 Å². The molecule has 5 heteroatoms. The van der Waals surface area contributed by atoms with Crippen molar-refractivity contribution in [3.63, 3.8) is 0 Å². The Bertz CT molecular complexity index is 577. The van der Waals surface area contributed by atoms with E-state index < -0.39 is 0 Å². The molecule has 0 saturated heterocycles. The Morgan fingerprint density at radius 2 is 1.70 bits per heavy atom. The molecule has 0 fully saturated rings. The fourth-order valence-electron chi connectivity index (χ4n) is 2.47. The number of aryl methyl sites for hydroxylation is 3. The van der Waals surface area contributed by atoms with Gasteiger partial charge in [-0.05, 0) is 20.3 Å². The van der Waals surface area contributed by atoms with Crippen molar-refractivity contribution in [3.05, 3.63) is 22.4 Å². The molecule has 2 aromatic heterocycles. The molecule has 0 saturated carbocycles. The first kappa shape index (κ1) is 15.2. The van der Waals surface area contributed by atoms with E-state index in [0.29, 0.717) is 10.8 Å². The van der Waals surface area contributed by atoms with Crippen molar-refractivity contribution >= 4 is 17.2 Å². The van der Waals surface area contributed by atoms with Crippen molar-refractivity contribution in [2.75, 3.05) is 0 Å². The average molecular weight is 295 g/mol. The molecule has 0 aliphatic rings. The van der Waals surface area contributed by atoms with Crippen molar-refractivity contribution in [1.29, 1.82) is 0 Å². The number of halogens is 1. The van der Waals surface area contributed by atoms with Crippen LogP contribution >= 0.6 is 11.6 Å². The van der Waals surface area contributed by atoms with E-state index in [1.165, 1.54) is 32.1 Å². The summed E-state index contributed by atoms with van der Waals surface area (Å²) in [6, 6.07) is 0. The van der Waals surface area contributed by atoms with Gasteiger partial charge in [0.1, 0.15) is 5.82 Å². The molecule has 0 aromatic carbocycles. The molecule has 0 unspecified atom stereocenters. The lowest BCUT2D eigenvalue weighted by atomic mass is 10.1. The standard InChI is InChI=1S/C15H23ClN4/c1-4-5-6-7-8-9-10-13-18-19-15-14(16)17-11(2)12(3)20(13)15/h4-10H2,1-3H3. The van der Waals surface area contributed by atoms with Crippen LogP contribution in [-0.4, -0.2) is 19.6 Å². The number of aromatic nitrogens is 4. The van der Waals surface area contributed by atoms with Gasteiger partial charge in [-0.1, -0.05) is 50.6 Å². The normalized spacial score (nSPS) is 11.4. The van der Waals surface area contributed by atoms with Crippen LogP contribution in [0.25, 0.3) is 5.65 Å². The average Bonchev–Trinajstić information content (AvgIpc) is 2.85. The van der Waals surface area contributed by atoms with Crippen LogP contribution in [0, 0.1) is 13.8 Å². The molecule has 0 atom stereocenters. The Kier molecular flexibility index (Phi) is 5.35. The Morgan fingerprint density at radius 1 is 1.00 bits per heavy atom. The molecule has 0 radical (unpaired) electrons. The largest absolute Gasteiger partial charge is 0.279 e. The SMILES string of the molecule is CCCCCCCCc1nnc2c(Cl)nc(C)c(C)n12. The van der Waals surface area contributed by atoms with Gasteiger partial charge in [0.2, 0.25) is 0 Å². The molecule has 0 amide bonds. The van der Waals surface area contributed by atoms with E-state index in [1.807, 2.05) is 13.8 Å². The lowest BCUT2D eigenvalue weighted by Crippen LogP contribution is -2.03. The molecule has 2 heterocycles. The quantitative estimate of drug-likeness (QED) is 0.715. The third-order valence-electron chi connectivity index (χ3n) is 3.79. The molecule has 2 rings (SSSR count). The van der Waals surface area contributed by atoms with Crippen molar-refractivity contribution in [2.45, 2.75) is 65.7 Å². The number of hydrogen-bond donors (Lipinski definition) is 0. The zero-order valence-electron chi connectivity index (χ0n) is 12.6. The predicted molar refractivity (Wildman–Crippen MR) is 82.3 cm³/mol. The molecular weight excluding hydrogens is 272 g/mol. The van der Waals surface area contributed by atoms with Crippen LogP contribution in [0.4, 0.5) is 0 Å². The fraction of sp³-hybridized carbons (Fsp3) is 0.667. The van der Waals surface area contributed by atoms with Gasteiger partial charge in [0.15, 0.2) is 10.8 Å². The maximum Gasteiger partial charge on any atom is 0.198 e. The molecule has 0 spiro atoms. The summed E-state index contributed by atoms with van der Waals surface area (Å²) in [7, 11) is 0. The number of nitrogens with zero attached hydrogens (tertiary/aromatic N) is 4. The van der Waals surface area contributed by atoms with Gasteiger partial charge >= 0.3 is 0 Å². The van der Waals surface area contributed by atoms with E-state index in [4.69, 9.17) is 11.6 Å². The van der Waals surface area contributed by atoms with Crippen molar-refractivity contribution < 1.29 is 0 Å². The molecular formula is C15H23ClN4. The molecule has 110 valence electrons. The molecule has 0 bridgehead atoms. The minimum absolute atomic E-state index is 0.440. The zero-order chi connectivity index (χ0) is 14.5.